The van der Waals surface area contributed by atoms with Crippen molar-refractivity contribution in [1.29, 1.82) is 0 Å². The molecule has 1 aliphatic heterocycles. The van der Waals surface area contributed by atoms with Crippen LogP contribution in [-0.2, 0) is 4.79 Å². The molecule has 0 radical (unpaired) electrons. The molecule has 3 rings (SSSR count). The van der Waals surface area contributed by atoms with E-state index in [4.69, 9.17) is 11.6 Å². The average Bonchev–Trinajstić information content (AvgIpc) is 2.84. The summed E-state index contributed by atoms with van der Waals surface area (Å²) in [6, 6.07) is 9.12. The summed E-state index contributed by atoms with van der Waals surface area (Å²) in [4.78, 5) is 42.6. The highest BCUT2D eigenvalue weighted by Crippen LogP contribution is 2.34. The largest absolute Gasteiger partial charge is 0.329 e. The molecule has 1 unspecified atom stereocenters. The number of aromatic nitrogens is 1. The number of hydrogen-bond donors (Lipinski definition) is 2. The second-order valence-electron chi connectivity index (χ2n) is 7.34. The zero-order valence-corrected chi connectivity index (χ0v) is 16.6. The van der Waals surface area contributed by atoms with E-state index in [1.54, 1.807) is 31.2 Å². The molecule has 1 aromatic heterocycles. The summed E-state index contributed by atoms with van der Waals surface area (Å²) in [5.74, 6) is -0.504. The number of nitrogens with one attached hydrogen (secondary N) is 2. The van der Waals surface area contributed by atoms with E-state index in [9.17, 15) is 14.4 Å². The molecule has 28 heavy (non-hydrogen) atoms. The van der Waals surface area contributed by atoms with E-state index in [1.807, 2.05) is 13.8 Å². The number of carbonyl (C=O) groups excluding carboxylic acids is 3. The molecular weight excluding hydrogens is 380 g/mol. The van der Waals surface area contributed by atoms with E-state index in [0.29, 0.717) is 12.1 Å². The van der Waals surface area contributed by atoms with Crippen molar-refractivity contribution in [3.63, 3.8) is 0 Å². The van der Waals surface area contributed by atoms with Gasteiger partial charge in [0.1, 0.15) is 11.2 Å². The number of amides is 4. The Labute approximate surface area is 168 Å². The van der Waals surface area contributed by atoms with E-state index in [0.717, 1.165) is 4.90 Å². The third-order valence-electron chi connectivity index (χ3n) is 4.42. The molecule has 1 aliphatic rings. The summed E-state index contributed by atoms with van der Waals surface area (Å²) in [5, 5.41) is 5.62. The maximum absolute atomic E-state index is 12.9. The van der Waals surface area contributed by atoms with Crippen molar-refractivity contribution in [3.8, 4) is 0 Å². The summed E-state index contributed by atoms with van der Waals surface area (Å²) in [7, 11) is 0. The fourth-order valence-corrected chi connectivity index (χ4v) is 3.58. The minimum atomic E-state index is -0.972. The van der Waals surface area contributed by atoms with E-state index < -0.39 is 11.6 Å². The van der Waals surface area contributed by atoms with Crippen molar-refractivity contribution in [2.45, 2.75) is 32.7 Å². The Kier molecular flexibility index (Phi) is 5.38. The average molecular weight is 401 g/mol. The fourth-order valence-electron chi connectivity index (χ4n) is 3.32. The van der Waals surface area contributed by atoms with Crippen molar-refractivity contribution in [2.24, 2.45) is 5.92 Å². The zero-order chi connectivity index (χ0) is 20.5. The van der Waals surface area contributed by atoms with Gasteiger partial charge in [-0.2, -0.15) is 0 Å². The Morgan fingerprint density at radius 2 is 2.04 bits per heavy atom. The van der Waals surface area contributed by atoms with Gasteiger partial charge in [-0.15, -0.1) is 0 Å². The van der Waals surface area contributed by atoms with Crippen LogP contribution in [0.4, 0.5) is 16.2 Å². The van der Waals surface area contributed by atoms with E-state index in [2.05, 4.69) is 15.6 Å². The van der Waals surface area contributed by atoms with Crippen LogP contribution in [0.3, 0.4) is 0 Å². The first kappa shape index (κ1) is 19.8. The fraction of sp³-hybridized carbons (Fsp3) is 0.300. The van der Waals surface area contributed by atoms with Gasteiger partial charge in [0.05, 0.1) is 10.7 Å². The highest BCUT2D eigenvalue weighted by atomic mass is 35.5. The molecular formula is C20H21ClN4O3. The second-order valence-corrected chi connectivity index (χ2v) is 7.74. The smallest absolute Gasteiger partial charge is 0.323 e. The van der Waals surface area contributed by atoms with E-state index >= 15 is 0 Å². The van der Waals surface area contributed by atoms with Gasteiger partial charge < -0.3 is 10.6 Å². The number of rotatable bonds is 5. The van der Waals surface area contributed by atoms with Gasteiger partial charge in [0.2, 0.25) is 0 Å². The highest BCUT2D eigenvalue weighted by molar-refractivity contribution is 6.36. The maximum Gasteiger partial charge on any atom is 0.329 e. The van der Waals surface area contributed by atoms with Crippen LogP contribution in [0.25, 0.3) is 0 Å². The van der Waals surface area contributed by atoms with Gasteiger partial charge in [-0.3, -0.25) is 14.6 Å². The first-order valence-corrected chi connectivity index (χ1v) is 9.28. The monoisotopic (exact) mass is 400 g/mol. The van der Waals surface area contributed by atoms with Crippen LogP contribution in [-0.4, -0.2) is 28.4 Å². The molecule has 8 heteroatoms. The van der Waals surface area contributed by atoms with E-state index in [1.165, 1.54) is 18.3 Å². The minimum absolute atomic E-state index is 0.177. The number of pyridine rings is 1. The molecule has 2 heterocycles. The van der Waals surface area contributed by atoms with Crippen molar-refractivity contribution >= 4 is 40.8 Å². The Balaban J connectivity index is 1.82. The number of anilines is 2. The number of carbonyl (C=O) groups is 3. The lowest BCUT2D eigenvalue weighted by Gasteiger charge is -2.23. The molecule has 1 aromatic carbocycles. The Bertz CT molecular complexity index is 932. The molecule has 0 spiro atoms. The van der Waals surface area contributed by atoms with Crippen LogP contribution in [0.5, 0.6) is 0 Å². The minimum Gasteiger partial charge on any atom is -0.323 e. The molecule has 0 bridgehead atoms. The maximum atomic E-state index is 12.9. The SMILES string of the molecule is CC(C)CC1(C)NC(=O)N(c2ccc(NC(=O)c3ccccn3)cc2Cl)C1=O. The lowest BCUT2D eigenvalue weighted by atomic mass is 9.91. The predicted octanol–water partition coefficient (Wildman–Crippen LogP) is 3.85. The van der Waals surface area contributed by atoms with Crippen LogP contribution in [0.2, 0.25) is 5.02 Å². The third kappa shape index (κ3) is 3.84. The normalized spacial score (nSPS) is 19.1. The van der Waals surface area contributed by atoms with Gasteiger partial charge in [0.25, 0.3) is 11.8 Å². The number of urea groups is 1. The van der Waals surface area contributed by atoms with Crippen molar-refractivity contribution < 1.29 is 14.4 Å². The molecule has 146 valence electrons. The summed E-state index contributed by atoms with van der Waals surface area (Å²) < 4.78 is 0. The van der Waals surface area contributed by atoms with Crippen molar-refractivity contribution in [1.82, 2.24) is 10.3 Å². The molecule has 4 amide bonds. The highest BCUT2D eigenvalue weighted by Gasteiger charge is 2.49. The molecule has 2 N–H and O–H groups in total. The standard InChI is InChI=1S/C20H21ClN4O3/c1-12(2)11-20(3)18(27)25(19(28)24-20)16-8-7-13(10-14(16)21)23-17(26)15-6-4-5-9-22-15/h4-10,12H,11H2,1-3H3,(H,23,26)(H,24,28). The number of imide groups is 1. The lowest BCUT2D eigenvalue weighted by molar-refractivity contribution is -0.122. The predicted molar refractivity (Wildman–Crippen MR) is 108 cm³/mol. The number of nitrogens with zero attached hydrogens (tertiary/aromatic N) is 2. The number of halogens is 1. The Morgan fingerprint density at radius 1 is 1.29 bits per heavy atom. The molecule has 0 aliphatic carbocycles. The van der Waals surface area contributed by atoms with Crippen LogP contribution in [0.1, 0.15) is 37.7 Å². The van der Waals surface area contributed by atoms with Gasteiger partial charge >= 0.3 is 6.03 Å². The Hall–Kier alpha value is -2.93. The van der Waals surface area contributed by atoms with Gasteiger partial charge in [-0.25, -0.2) is 9.69 Å². The summed E-state index contributed by atoms with van der Waals surface area (Å²) in [6.07, 6.45) is 2.04. The van der Waals surface area contributed by atoms with Gasteiger partial charge in [0.15, 0.2) is 0 Å². The molecule has 1 atom stereocenters. The molecule has 0 saturated carbocycles. The summed E-state index contributed by atoms with van der Waals surface area (Å²) >= 11 is 6.33. The van der Waals surface area contributed by atoms with Crippen molar-refractivity contribution in [3.05, 3.63) is 53.3 Å². The van der Waals surface area contributed by atoms with Crippen molar-refractivity contribution in [2.75, 3.05) is 10.2 Å². The van der Waals surface area contributed by atoms with Gasteiger partial charge in [-0.05, 0) is 49.6 Å². The second kappa shape index (κ2) is 7.59. The van der Waals surface area contributed by atoms with Gasteiger partial charge in [-0.1, -0.05) is 31.5 Å². The summed E-state index contributed by atoms with van der Waals surface area (Å²) in [5.41, 5.74) is -0.00407. The van der Waals surface area contributed by atoms with Crippen LogP contribution in [0.15, 0.2) is 42.6 Å². The summed E-state index contributed by atoms with van der Waals surface area (Å²) in [6.45, 7) is 5.68. The van der Waals surface area contributed by atoms with E-state index in [-0.39, 0.29) is 34.1 Å². The topological polar surface area (TPSA) is 91.4 Å². The Morgan fingerprint density at radius 3 is 2.64 bits per heavy atom. The van der Waals surface area contributed by atoms with Crippen LogP contribution < -0.4 is 15.5 Å². The molecule has 7 nitrogen and oxygen atoms in total. The van der Waals surface area contributed by atoms with Crippen LogP contribution in [0, 0.1) is 5.92 Å². The molecule has 1 fully saturated rings. The molecule has 1 saturated heterocycles. The first-order chi connectivity index (χ1) is 13.2. The van der Waals surface area contributed by atoms with Crippen LogP contribution >= 0.6 is 11.6 Å². The quantitative estimate of drug-likeness (QED) is 0.746. The first-order valence-electron chi connectivity index (χ1n) is 8.90. The number of benzene rings is 1. The van der Waals surface area contributed by atoms with Gasteiger partial charge in [0, 0.05) is 11.9 Å². The third-order valence-corrected chi connectivity index (χ3v) is 4.72. The molecule has 2 aromatic rings. The number of hydrogen-bond acceptors (Lipinski definition) is 4. The lowest BCUT2D eigenvalue weighted by Crippen LogP contribution is -2.45. The zero-order valence-electron chi connectivity index (χ0n) is 15.8.